The molecule has 0 fully saturated rings. The van der Waals surface area contributed by atoms with E-state index in [1.807, 2.05) is 20.8 Å². The summed E-state index contributed by atoms with van der Waals surface area (Å²) in [6.07, 6.45) is 3.11. The molecule has 0 N–H and O–H groups in total. The average molecular weight is 270 g/mol. The molecule has 0 spiro atoms. The molecule has 5 nitrogen and oxygen atoms in total. The van der Waals surface area contributed by atoms with Gasteiger partial charge in [0.2, 0.25) is 0 Å². The minimum absolute atomic E-state index is 0.375. The van der Waals surface area contributed by atoms with E-state index in [0.29, 0.717) is 17.2 Å². The molecule has 1 atom stereocenters. The summed E-state index contributed by atoms with van der Waals surface area (Å²) in [5.41, 5.74) is 0.713. The van der Waals surface area contributed by atoms with Crippen LogP contribution in [0.3, 0.4) is 0 Å². The Bertz CT molecular complexity index is 467. The van der Waals surface area contributed by atoms with Gasteiger partial charge in [-0.2, -0.15) is 4.40 Å². The van der Waals surface area contributed by atoms with Crippen LogP contribution in [-0.4, -0.2) is 34.4 Å². The molecule has 1 heterocycles. The van der Waals surface area contributed by atoms with Crippen LogP contribution in [0, 0.1) is 0 Å². The monoisotopic (exact) mass is 270 g/mol. The van der Waals surface area contributed by atoms with Crippen molar-refractivity contribution in [2.45, 2.75) is 25.5 Å². The van der Waals surface area contributed by atoms with E-state index in [1.165, 1.54) is 20.4 Å². The number of nitrogens with zero attached hydrogens (tertiary/aromatic N) is 2. The molecule has 6 heteroatoms. The zero-order valence-corrected chi connectivity index (χ0v) is 12.1. The smallest absolute Gasteiger partial charge is 0.256 e. The van der Waals surface area contributed by atoms with Gasteiger partial charge in [-0.1, -0.05) is 0 Å². The van der Waals surface area contributed by atoms with Crippen LogP contribution < -0.4 is 9.47 Å². The van der Waals surface area contributed by atoms with Gasteiger partial charge in [-0.15, -0.1) is 0 Å². The number of hydrogen-bond donors (Lipinski definition) is 0. The molecule has 0 saturated carbocycles. The van der Waals surface area contributed by atoms with E-state index >= 15 is 0 Å². The molecule has 18 heavy (non-hydrogen) atoms. The van der Waals surface area contributed by atoms with Crippen molar-refractivity contribution < 1.29 is 13.7 Å². The Balaban J connectivity index is 2.92. The number of hydrogen-bond acceptors (Lipinski definition) is 4. The topological polar surface area (TPSA) is 60.8 Å². The maximum absolute atomic E-state index is 11.8. The molecule has 0 bridgehead atoms. The predicted molar refractivity (Wildman–Crippen MR) is 72.8 cm³/mol. The highest BCUT2D eigenvalue weighted by atomic mass is 32.2. The molecular weight excluding hydrogens is 252 g/mol. The van der Waals surface area contributed by atoms with Crippen molar-refractivity contribution in [2.75, 3.05) is 14.2 Å². The van der Waals surface area contributed by atoms with Gasteiger partial charge in [-0.05, 0) is 26.8 Å². The second kappa shape index (κ2) is 5.95. The third-order valence-electron chi connectivity index (χ3n) is 2.07. The first-order valence-electron chi connectivity index (χ1n) is 5.42. The summed E-state index contributed by atoms with van der Waals surface area (Å²) in [5.74, 6) is 0.926. The van der Waals surface area contributed by atoms with Crippen LogP contribution in [-0.2, 0) is 11.0 Å². The van der Waals surface area contributed by atoms with Gasteiger partial charge in [-0.25, -0.2) is 9.19 Å². The second-order valence-corrected chi connectivity index (χ2v) is 6.51. The van der Waals surface area contributed by atoms with E-state index in [9.17, 15) is 4.21 Å². The zero-order chi connectivity index (χ0) is 13.8. The van der Waals surface area contributed by atoms with Gasteiger partial charge in [0.25, 0.3) is 5.88 Å². The Morgan fingerprint density at radius 1 is 1.33 bits per heavy atom. The summed E-state index contributed by atoms with van der Waals surface area (Å²) < 4.78 is 25.5. The van der Waals surface area contributed by atoms with Crippen LogP contribution in [0.25, 0.3) is 0 Å². The number of aromatic nitrogens is 1. The molecule has 1 aromatic heterocycles. The van der Waals surface area contributed by atoms with E-state index < -0.39 is 11.0 Å². The van der Waals surface area contributed by atoms with Gasteiger partial charge < -0.3 is 9.47 Å². The van der Waals surface area contributed by atoms with Crippen LogP contribution in [0.4, 0.5) is 0 Å². The Kier molecular flexibility index (Phi) is 4.84. The highest BCUT2D eigenvalue weighted by Crippen LogP contribution is 2.23. The number of rotatable bonds is 4. The van der Waals surface area contributed by atoms with Crippen molar-refractivity contribution in [1.29, 1.82) is 0 Å². The lowest BCUT2D eigenvalue weighted by Gasteiger charge is -2.12. The SMILES string of the molecule is COc1cc(C=N[S@@](=O)C(C)(C)C)cnc1OC. The molecule has 0 aliphatic carbocycles. The summed E-state index contributed by atoms with van der Waals surface area (Å²) >= 11 is 0. The lowest BCUT2D eigenvalue weighted by molar-refractivity contribution is 0.343. The van der Waals surface area contributed by atoms with Gasteiger partial charge in [0.1, 0.15) is 11.0 Å². The number of pyridine rings is 1. The highest BCUT2D eigenvalue weighted by molar-refractivity contribution is 7.85. The normalized spacial score (nSPS) is 13.6. The molecule has 0 radical (unpaired) electrons. The summed E-state index contributed by atoms with van der Waals surface area (Å²) in [6, 6.07) is 1.73. The average Bonchev–Trinajstić information content (AvgIpc) is 2.34. The number of ether oxygens (including phenoxy) is 2. The van der Waals surface area contributed by atoms with Gasteiger partial charge in [-0.3, -0.25) is 0 Å². The highest BCUT2D eigenvalue weighted by Gasteiger charge is 2.18. The molecule has 0 aliphatic heterocycles. The Hall–Kier alpha value is -1.43. The molecular formula is C12H18N2O3S. The quantitative estimate of drug-likeness (QED) is 0.785. The standard InChI is InChI=1S/C12H18N2O3S/c1-12(2,3)18(15)14-8-9-6-10(16-4)11(17-5)13-7-9/h6-8H,1-5H3/t18-/m0/s1. The first kappa shape index (κ1) is 14.6. The number of methoxy groups -OCH3 is 2. The van der Waals surface area contributed by atoms with E-state index in [2.05, 4.69) is 9.38 Å². The predicted octanol–water partition coefficient (Wildman–Crippen LogP) is 1.98. The molecule has 0 saturated heterocycles. The molecule has 0 aromatic carbocycles. The van der Waals surface area contributed by atoms with E-state index in [-0.39, 0.29) is 4.75 Å². The van der Waals surface area contributed by atoms with E-state index in [1.54, 1.807) is 12.3 Å². The van der Waals surface area contributed by atoms with Gasteiger partial charge in [0.05, 0.1) is 19.0 Å². The van der Waals surface area contributed by atoms with Gasteiger partial charge in [0, 0.05) is 18.0 Å². The lowest BCUT2D eigenvalue weighted by Crippen LogP contribution is -2.19. The summed E-state index contributed by atoms with van der Waals surface area (Å²) in [7, 11) is 1.77. The summed E-state index contributed by atoms with van der Waals surface area (Å²) in [6.45, 7) is 5.61. The van der Waals surface area contributed by atoms with E-state index in [0.717, 1.165) is 0 Å². The summed E-state index contributed by atoms with van der Waals surface area (Å²) in [5, 5.41) is 0. The van der Waals surface area contributed by atoms with Crippen molar-refractivity contribution in [2.24, 2.45) is 4.40 Å². The third-order valence-corrected chi connectivity index (χ3v) is 3.42. The van der Waals surface area contributed by atoms with Crippen LogP contribution >= 0.6 is 0 Å². The van der Waals surface area contributed by atoms with Crippen LogP contribution in [0.15, 0.2) is 16.7 Å². The maximum Gasteiger partial charge on any atom is 0.256 e. The molecule has 1 rings (SSSR count). The third kappa shape index (κ3) is 3.80. The van der Waals surface area contributed by atoms with E-state index in [4.69, 9.17) is 9.47 Å². The molecule has 1 aromatic rings. The molecule has 100 valence electrons. The van der Waals surface area contributed by atoms with Crippen LogP contribution in [0.5, 0.6) is 11.6 Å². The first-order valence-corrected chi connectivity index (χ1v) is 6.53. The fourth-order valence-electron chi connectivity index (χ4n) is 1.08. The fraction of sp³-hybridized carbons (Fsp3) is 0.500. The Morgan fingerprint density at radius 2 is 2.00 bits per heavy atom. The van der Waals surface area contributed by atoms with Crippen LogP contribution in [0.1, 0.15) is 26.3 Å². The fourth-order valence-corrected chi connectivity index (χ4v) is 1.62. The maximum atomic E-state index is 11.8. The summed E-state index contributed by atoms with van der Waals surface area (Å²) in [4.78, 5) is 4.07. The van der Waals surface area contributed by atoms with Crippen molar-refractivity contribution in [3.63, 3.8) is 0 Å². The molecule has 0 amide bonds. The molecule has 0 aliphatic rings. The first-order chi connectivity index (χ1) is 8.38. The van der Waals surface area contributed by atoms with Gasteiger partial charge in [0.15, 0.2) is 5.75 Å². The molecule has 0 unspecified atom stereocenters. The van der Waals surface area contributed by atoms with Crippen molar-refractivity contribution >= 4 is 17.2 Å². The Labute approximate surface area is 110 Å². The van der Waals surface area contributed by atoms with Crippen molar-refractivity contribution in [3.05, 3.63) is 17.8 Å². The minimum atomic E-state index is -1.28. The van der Waals surface area contributed by atoms with Gasteiger partial charge >= 0.3 is 0 Å². The van der Waals surface area contributed by atoms with Crippen molar-refractivity contribution in [3.8, 4) is 11.6 Å². The largest absolute Gasteiger partial charge is 0.491 e. The minimum Gasteiger partial charge on any atom is -0.491 e. The second-order valence-electron chi connectivity index (χ2n) is 4.58. The van der Waals surface area contributed by atoms with Crippen molar-refractivity contribution in [1.82, 2.24) is 4.98 Å². The Morgan fingerprint density at radius 3 is 2.50 bits per heavy atom. The zero-order valence-electron chi connectivity index (χ0n) is 11.3. The lowest BCUT2D eigenvalue weighted by atomic mass is 10.3. The van der Waals surface area contributed by atoms with Crippen LogP contribution in [0.2, 0.25) is 0 Å².